The van der Waals surface area contributed by atoms with E-state index in [1.54, 1.807) is 0 Å². The summed E-state index contributed by atoms with van der Waals surface area (Å²) in [5.74, 6) is 1.09. The number of hydrogen-bond acceptors (Lipinski definition) is 5. The van der Waals surface area contributed by atoms with Crippen molar-refractivity contribution in [3.05, 3.63) is 50.8 Å². The lowest BCUT2D eigenvalue weighted by molar-refractivity contribution is 0.809. The van der Waals surface area contributed by atoms with E-state index in [1.165, 1.54) is 23.1 Å². The molecule has 0 fully saturated rings. The Balaban J connectivity index is 1.82. The molecule has 0 aliphatic rings. The topological polar surface area (TPSA) is 84.1 Å². The zero-order valence-corrected chi connectivity index (χ0v) is 16.7. The number of nitrogens with zero attached hydrogens (tertiary/aromatic N) is 2. The van der Waals surface area contributed by atoms with E-state index in [-0.39, 0.29) is 5.56 Å². The predicted molar refractivity (Wildman–Crippen MR) is 113 cm³/mol. The maximum absolute atomic E-state index is 12.6. The summed E-state index contributed by atoms with van der Waals surface area (Å²) in [4.78, 5) is 25.0. The summed E-state index contributed by atoms with van der Waals surface area (Å²) < 4.78 is 0. The first-order valence-corrected chi connectivity index (χ1v) is 10.5. The number of aliphatic imine (C=N–C) groups is 1. The number of H-pyrrole nitrogens is 1. The van der Waals surface area contributed by atoms with Crippen LogP contribution in [0, 0.1) is 0 Å². The molecule has 3 aromatic rings. The van der Waals surface area contributed by atoms with Gasteiger partial charge >= 0.3 is 0 Å². The molecule has 0 unspecified atom stereocenters. The predicted octanol–water partition coefficient (Wildman–Crippen LogP) is 4.65. The number of thiophene rings is 1. The Labute approximate surface area is 164 Å². The van der Waals surface area contributed by atoms with Crippen LogP contribution in [0.2, 0.25) is 5.02 Å². The van der Waals surface area contributed by atoms with Gasteiger partial charge in [-0.25, -0.2) is 4.98 Å². The van der Waals surface area contributed by atoms with E-state index in [0.717, 1.165) is 35.3 Å². The fraction of sp³-hybridized carbons (Fsp3) is 0.278. The molecule has 0 saturated carbocycles. The third kappa shape index (κ3) is 4.47. The maximum atomic E-state index is 12.6. The molecule has 3 N–H and O–H groups in total. The molecule has 0 radical (unpaired) electrons. The minimum Gasteiger partial charge on any atom is -0.379 e. The molecule has 2 heterocycles. The van der Waals surface area contributed by atoms with Gasteiger partial charge in [-0.1, -0.05) is 48.8 Å². The van der Waals surface area contributed by atoms with E-state index in [4.69, 9.17) is 17.3 Å². The second kappa shape index (κ2) is 8.70. The van der Waals surface area contributed by atoms with E-state index in [9.17, 15) is 4.79 Å². The molecule has 1 aromatic carbocycles. The molecule has 2 aromatic heterocycles. The van der Waals surface area contributed by atoms with Gasteiger partial charge in [-0.15, -0.1) is 11.3 Å². The van der Waals surface area contributed by atoms with E-state index in [1.807, 2.05) is 29.6 Å². The number of fused-ring (bicyclic) bond motifs is 1. The summed E-state index contributed by atoms with van der Waals surface area (Å²) in [6.07, 6.45) is 2.10. The van der Waals surface area contributed by atoms with Crippen molar-refractivity contribution in [1.29, 1.82) is 0 Å². The first-order valence-electron chi connectivity index (χ1n) is 8.27. The average Bonchev–Trinajstić information content (AvgIpc) is 3.05. The standard InChI is InChI=1S/C18H19ClN4OS2/c1-2-3-8-21-18(20)26-10-14-22-16(24)15-13(9-25-17(15)23-14)11-4-6-12(19)7-5-11/h4-7,9H,2-3,8,10H2,1H3,(H2,20,21)(H,22,23,24). The van der Waals surface area contributed by atoms with Gasteiger partial charge in [0.15, 0.2) is 5.17 Å². The molecular formula is C18H19ClN4OS2. The number of rotatable bonds is 6. The van der Waals surface area contributed by atoms with Crippen molar-refractivity contribution >= 4 is 50.1 Å². The largest absolute Gasteiger partial charge is 0.379 e. The summed E-state index contributed by atoms with van der Waals surface area (Å²) in [6.45, 7) is 2.84. The van der Waals surface area contributed by atoms with Crippen LogP contribution in [0.3, 0.4) is 0 Å². The molecule has 0 aliphatic heterocycles. The van der Waals surface area contributed by atoms with Crippen LogP contribution < -0.4 is 11.3 Å². The Kier molecular flexibility index (Phi) is 6.34. The van der Waals surface area contributed by atoms with Gasteiger partial charge in [0.25, 0.3) is 5.56 Å². The molecule has 5 nitrogen and oxygen atoms in total. The van der Waals surface area contributed by atoms with Crippen molar-refractivity contribution in [3.8, 4) is 11.1 Å². The Morgan fingerprint density at radius 1 is 1.38 bits per heavy atom. The molecule has 0 bridgehead atoms. The molecular weight excluding hydrogens is 388 g/mol. The van der Waals surface area contributed by atoms with Gasteiger partial charge in [-0.2, -0.15) is 0 Å². The summed E-state index contributed by atoms with van der Waals surface area (Å²) in [7, 11) is 0. The molecule has 0 atom stereocenters. The molecule has 136 valence electrons. The van der Waals surface area contributed by atoms with Gasteiger partial charge in [-0.05, 0) is 24.1 Å². The van der Waals surface area contributed by atoms with Gasteiger partial charge < -0.3 is 10.7 Å². The summed E-state index contributed by atoms with van der Waals surface area (Å²) >= 11 is 8.79. The fourth-order valence-electron chi connectivity index (χ4n) is 2.44. The van der Waals surface area contributed by atoms with Crippen LogP contribution >= 0.6 is 34.7 Å². The summed E-state index contributed by atoms with van der Waals surface area (Å²) in [5.41, 5.74) is 7.57. The number of benzene rings is 1. The van der Waals surface area contributed by atoms with Gasteiger partial charge in [0.2, 0.25) is 0 Å². The Bertz CT molecular complexity index is 979. The van der Waals surface area contributed by atoms with Crippen LogP contribution in [0.25, 0.3) is 21.3 Å². The number of halogens is 1. The minimum absolute atomic E-state index is 0.140. The van der Waals surface area contributed by atoms with Gasteiger partial charge in [0, 0.05) is 22.5 Å². The highest BCUT2D eigenvalue weighted by atomic mass is 35.5. The van der Waals surface area contributed by atoms with Gasteiger partial charge in [0.05, 0.1) is 11.1 Å². The number of nitrogens with two attached hydrogens (primary N) is 1. The number of aromatic amines is 1. The quantitative estimate of drug-likeness (QED) is 0.354. The van der Waals surface area contributed by atoms with Crippen molar-refractivity contribution in [2.75, 3.05) is 6.54 Å². The number of nitrogens with one attached hydrogen (secondary N) is 1. The normalized spacial score (nSPS) is 12.0. The monoisotopic (exact) mass is 406 g/mol. The second-order valence-corrected chi connectivity index (χ2v) is 8.00. The van der Waals surface area contributed by atoms with E-state index < -0.39 is 0 Å². The maximum Gasteiger partial charge on any atom is 0.260 e. The van der Waals surface area contributed by atoms with Crippen LogP contribution in [-0.2, 0) is 5.75 Å². The Morgan fingerprint density at radius 3 is 2.88 bits per heavy atom. The molecule has 0 aliphatic carbocycles. The lowest BCUT2D eigenvalue weighted by Gasteiger charge is -2.03. The molecule has 0 saturated heterocycles. The lowest BCUT2D eigenvalue weighted by atomic mass is 10.1. The van der Waals surface area contributed by atoms with Crippen molar-refractivity contribution in [2.45, 2.75) is 25.5 Å². The Hall–Kier alpha value is -1.83. The number of amidine groups is 1. The van der Waals surface area contributed by atoms with E-state index in [0.29, 0.717) is 27.2 Å². The van der Waals surface area contributed by atoms with Crippen molar-refractivity contribution in [3.63, 3.8) is 0 Å². The van der Waals surface area contributed by atoms with Crippen molar-refractivity contribution in [1.82, 2.24) is 9.97 Å². The number of hydrogen-bond donors (Lipinski definition) is 2. The minimum atomic E-state index is -0.140. The van der Waals surface area contributed by atoms with Crippen molar-refractivity contribution in [2.24, 2.45) is 10.7 Å². The highest BCUT2D eigenvalue weighted by Gasteiger charge is 2.13. The molecule has 0 amide bonds. The number of thioether (sulfide) groups is 1. The first-order chi connectivity index (χ1) is 12.6. The fourth-order valence-corrected chi connectivity index (χ4v) is 4.14. The first kappa shape index (κ1) is 18.9. The number of aromatic nitrogens is 2. The number of unbranched alkanes of at least 4 members (excludes halogenated alkanes) is 1. The third-order valence-corrected chi connectivity index (χ3v) is 5.75. The molecule has 8 heteroatoms. The summed E-state index contributed by atoms with van der Waals surface area (Å²) in [6, 6.07) is 7.43. The third-order valence-electron chi connectivity index (χ3n) is 3.78. The summed E-state index contributed by atoms with van der Waals surface area (Å²) in [5, 5.41) is 3.75. The molecule has 0 spiro atoms. The highest BCUT2D eigenvalue weighted by Crippen LogP contribution is 2.31. The van der Waals surface area contributed by atoms with Crippen LogP contribution in [0.5, 0.6) is 0 Å². The zero-order chi connectivity index (χ0) is 18.5. The Morgan fingerprint density at radius 2 is 2.15 bits per heavy atom. The molecule has 3 rings (SSSR count). The smallest absolute Gasteiger partial charge is 0.260 e. The van der Waals surface area contributed by atoms with Crippen LogP contribution in [0.4, 0.5) is 0 Å². The zero-order valence-electron chi connectivity index (χ0n) is 14.3. The average molecular weight is 407 g/mol. The van der Waals surface area contributed by atoms with Crippen LogP contribution in [0.15, 0.2) is 39.4 Å². The lowest BCUT2D eigenvalue weighted by Crippen LogP contribution is -2.13. The molecule has 26 heavy (non-hydrogen) atoms. The van der Waals surface area contributed by atoms with Gasteiger partial charge in [0.1, 0.15) is 10.7 Å². The SMILES string of the molecule is CCCCN=C(N)SCc1nc2scc(-c3ccc(Cl)cc3)c2c(=O)[nH]1. The van der Waals surface area contributed by atoms with Crippen LogP contribution in [-0.4, -0.2) is 21.7 Å². The van der Waals surface area contributed by atoms with Crippen LogP contribution in [0.1, 0.15) is 25.6 Å². The van der Waals surface area contributed by atoms with E-state index in [2.05, 4.69) is 21.9 Å². The van der Waals surface area contributed by atoms with Gasteiger partial charge in [-0.3, -0.25) is 9.79 Å². The van der Waals surface area contributed by atoms with E-state index >= 15 is 0 Å². The van der Waals surface area contributed by atoms with Crippen molar-refractivity contribution < 1.29 is 0 Å². The second-order valence-electron chi connectivity index (χ2n) is 5.71. The highest BCUT2D eigenvalue weighted by molar-refractivity contribution is 8.13.